The lowest BCUT2D eigenvalue weighted by Crippen LogP contribution is -2.36. The van der Waals surface area contributed by atoms with Gasteiger partial charge in [-0.1, -0.05) is 130 Å². The maximum Gasteiger partial charge on any atom is 0.139 e. The van der Waals surface area contributed by atoms with E-state index in [-0.39, 0.29) is 5.41 Å². The zero-order valence-corrected chi connectivity index (χ0v) is 36.4. The summed E-state index contributed by atoms with van der Waals surface area (Å²) in [4.78, 5) is 0. The van der Waals surface area contributed by atoms with Crippen molar-refractivity contribution in [3.05, 3.63) is 142 Å². The smallest absolute Gasteiger partial charge is 0.139 e. The van der Waals surface area contributed by atoms with Crippen LogP contribution in [0.2, 0.25) is 0 Å². The van der Waals surface area contributed by atoms with Crippen LogP contribution in [0.15, 0.2) is 103 Å². The molecule has 6 aromatic carbocycles. The molecule has 0 spiro atoms. The van der Waals surface area contributed by atoms with Crippen molar-refractivity contribution < 1.29 is 14.2 Å². The summed E-state index contributed by atoms with van der Waals surface area (Å²) in [6.07, 6.45) is 10.0. The summed E-state index contributed by atoms with van der Waals surface area (Å²) in [6, 6.07) is 38.6. The lowest BCUT2D eigenvalue weighted by atomic mass is 9.70. The van der Waals surface area contributed by atoms with Crippen LogP contribution in [0.25, 0.3) is 0 Å². The van der Waals surface area contributed by atoms with Gasteiger partial charge in [0.15, 0.2) is 0 Å². The Morgan fingerprint density at radius 1 is 0.421 bits per heavy atom. The molecular formula is C52H54O3P2. The highest BCUT2D eigenvalue weighted by molar-refractivity contribution is 7.81. The van der Waals surface area contributed by atoms with Gasteiger partial charge in [0.25, 0.3) is 0 Å². The third kappa shape index (κ3) is 6.90. The van der Waals surface area contributed by atoms with Crippen LogP contribution in [-0.2, 0) is 5.41 Å². The number of ether oxygens (including phenoxy) is 3. The predicted octanol–water partition coefficient (Wildman–Crippen LogP) is 12.5. The molecule has 0 aliphatic carbocycles. The van der Waals surface area contributed by atoms with Crippen LogP contribution in [0.5, 0.6) is 34.5 Å². The first-order valence-corrected chi connectivity index (χ1v) is 23.7. The number of fused-ring (bicyclic) bond motifs is 6. The number of hydrogen-bond donors (Lipinski definition) is 0. The van der Waals surface area contributed by atoms with Gasteiger partial charge in [0, 0.05) is 48.4 Å². The summed E-state index contributed by atoms with van der Waals surface area (Å²) in [5.41, 5.74) is 8.61. The molecule has 0 radical (unpaired) electrons. The zero-order chi connectivity index (χ0) is 39.4. The van der Waals surface area contributed by atoms with Gasteiger partial charge in [0.1, 0.15) is 34.5 Å². The van der Waals surface area contributed by atoms with Crippen LogP contribution in [0.3, 0.4) is 0 Å². The monoisotopic (exact) mass is 788 g/mol. The number of hydrogen-bond acceptors (Lipinski definition) is 3. The quantitative estimate of drug-likeness (QED) is 0.102. The largest absolute Gasteiger partial charge is 0.456 e. The third-order valence-corrected chi connectivity index (χ3v) is 17.2. The van der Waals surface area contributed by atoms with Gasteiger partial charge in [-0.25, -0.2) is 0 Å². The normalized spacial score (nSPS) is 16.5. The topological polar surface area (TPSA) is 27.7 Å². The first-order chi connectivity index (χ1) is 27.6. The SMILES string of the molecule is CCCCCCCCCC1(C)c2cccc(P3c4cc(C)ccc4Oc4ccc(C)cc43)c2Oc2c(P3c4cc(C)ccc4Oc4ccc(C)cc43)cc(C)cc21. The molecule has 290 valence electrons. The standard InChI is InChI=1S/C52H54O3P2/c1-8-9-10-11-12-13-14-26-52(7)38-16-15-17-44(56-45-28-33(2)18-22-40(45)53-41-23-19-34(3)29-46(41)56)50(38)55-51-39(52)27-37(6)32-49(51)57-47-30-35(4)20-24-42(47)54-43-25-21-36(5)31-48(43)57/h15-25,27-32H,8-14,26H2,1-7H3. The van der Waals surface area contributed by atoms with Crippen molar-refractivity contribution in [3.8, 4) is 34.5 Å². The molecule has 1 atom stereocenters. The summed E-state index contributed by atoms with van der Waals surface area (Å²) < 4.78 is 21.0. The molecular weight excluding hydrogens is 735 g/mol. The molecule has 57 heavy (non-hydrogen) atoms. The van der Waals surface area contributed by atoms with Gasteiger partial charge < -0.3 is 14.2 Å². The number of aryl methyl sites for hydroxylation is 5. The molecule has 0 fully saturated rings. The minimum atomic E-state index is -0.999. The highest BCUT2D eigenvalue weighted by atomic mass is 31.1. The van der Waals surface area contributed by atoms with Crippen molar-refractivity contribution >= 4 is 47.7 Å². The van der Waals surface area contributed by atoms with E-state index < -0.39 is 15.8 Å². The molecule has 6 aromatic rings. The molecule has 3 heterocycles. The predicted molar refractivity (Wildman–Crippen MR) is 243 cm³/mol. The Hall–Kier alpha value is -4.42. The van der Waals surface area contributed by atoms with Crippen LogP contribution in [0.1, 0.15) is 104 Å². The van der Waals surface area contributed by atoms with Crippen molar-refractivity contribution in [3.63, 3.8) is 0 Å². The van der Waals surface area contributed by atoms with Gasteiger partial charge in [0.2, 0.25) is 0 Å². The van der Waals surface area contributed by atoms with Gasteiger partial charge in [0.05, 0.1) is 0 Å². The maximum atomic E-state index is 7.70. The molecule has 3 nitrogen and oxygen atoms in total. The molecule has 0 saturated carbocycles. The summed E-state index contributed by atoms with van der Waals surface area (Å²) in [7, 11) is -1.99. The maximum absolute atomic E-state index is 7.70. The van der Waals surface area contributed by atoms with Crippen molar-refractivity contribution in [2.24, 2.45) is 0 Å². The van der Waals surface area contributed by atoms with E-state index in [1.54, 1.807) is 0 Å². The average Bonchev–Trinajstić information content (AvgIpc) is 3.19. The number of rotatable bonds is 10. The Morgan fingerprint density at radius 2 is 0.860 bits per heavy atom. The molecule has 0 aromatic heterocycles. The van der Waals surface area contributed by atoms with Crippen molar-refractivity contribution in [2.45, 2.75) is 105 Å². The minimum absolute atomic E-state index is 0.248. The lowest BCUT2D eigenvalue weighted by molar-refractivity contribution is 0.386. The van der Waals surface area contributed by atoms with Crippen LogP contribution in [0, 0.1) is 34.6 Å². The second kappa shape index (κ2) is 15.4. The Balaban J connectivity index is 1.26. The summed E-state index contributed by atoms with van der Waals surface area (Å²) in [5, 5.41) is 7.57. The van der Waals surface area contributed by atoms with Crippen LogP contribution >= 0.6 is 15.8 Å². The number of unbranched alkanes of at least 4 members (excludes halogenated alkanes) is 6. The fourth-order valence-electron chi connectivity index (χ4n) is 9.20. The first-order valence-electron chi connectivity index (χ1n) is 21.0. The van der Waals surface area contributed by atoms with Crippen molar-refractivity contribution in [2.75, 3.05) is 0 Å². The molecule has 0 saturated heterocycles. The Labute approximate surface area is 342 Å². The van der Waals surface area contributed by atoms with E-state index in [2.05, 4.69) is 152 Å². The summed E-state index contributed by atoms with van der Waals surface area (Å²) in [5.74, 6) is 5.87. The fourth-order valence-corrected chi connectivity index (χ4v) is 14.8. The Morgan fingerprint density at radius 3 is 1.37 bits per heavy atom. The van der Waals surface area contributed by atoms with Gasteiger partial charge in [-0.3, -0.25) is 0 Å². The highest BCUT2D eigenvalue weighted by Gasteiger charge is 2.44. The number of benzene rings is 6. The van der Waals surface area contributed by atoms with E-state index in [0.29, 0.717) is 0 Å². The third-order valence-electron chi connectivity index (χ3n) is 12.2. The Bertz CT molecular complexity index is 2420. The van der Waals surface area contributed by atoms with Crippen molar-refractivity contribution in [1.82, 2.24) is 0 Å². The first kappa shape index (κ1) is 38.1. The summed E-state index contributed by atoms with van der Waals surface area (Å²) in [6.45, 7) is 15.9. The van der Waals surface area contributed by atoms with E-state index in [0.717, 1.165) is 40.9 Å². The average molecular weight is 789 g/mol. The van der Waals surface area contributed by atoms with E-state index in [4.69, 9.17) is 14.2 Å². The zero-order valence-electron chi connectivity index (χ0n) is 34.6. The molecule has 9 rings (SSSR count). The molecule has 3 aliphatic heterocycles. The van der Waals surface area contributed by atoms with Gasteiger partial charge in [-0.2, -0.15) is 0 Å². The van der Waals surface area contributed by atoms with Crippen LogP contribution in [-0.4, -0.2) is 0 Å². The second-order valence-corrected chi connectivity index (χ2v) is 21.1. The van der Waals surface area contributed by atoms with Crippen molar-refractivity contribution in [1.29, 1.82) is 0 Å². The lowest BCUT2D eigenvalue weighted by Gasteiger charge is -2.42. The number of para-hydroxylation sites is 1. The highest BCUT2D eigenvalue weighted by Crippen LogP contribution is 2.57. The van der Waals surface area contributed by atoms with Gasteiger partial charge >= 0.3 is 0 Å². The van der Waals surface area contributed by atoms with Crippen LogP contribution in [0.4, 0.5) is 0 Å². The van der Waals surface area contributed by atoms with E-state index >= 15 is 0 Å². The van der Waals surface area contributed by atoms with E-state index in [9.17, 15) is 0 Å². The van der Waals surface area contributed by atoms with Crippen LogP contribution < -0.4 is 46.0 Å². The van der Waals surface area contributed by atoms with Gasteiger partial charge in [-0.05, 0) is 117 Å². The Kier molecular flexibility index (Phi) is 10.3. The second-order valence-electron chi connectivity index (χ2n) is 16.9. The molecule has 3 aliphatic rings. The molecule has 1 unspecified atom stereocenters. The molecule has 5 heteroatoms. The molecule has 0 amide bonds. The fraction of sp³-hybridized carbons (Fsp3) is 0.308. The minimum Gasteiger partial charge on any atom is -0.456 e. The molecule has 0 bridgehead atoms. The van der Waals surface area contributed by atoms with E-state index in [1.165, 1.54) is 116 Å². The van der Waals surface area contributed by atoms with E-state index in [1.807, 2.05) is 0 Å². The van der Waals surface area contributed by atoms with Gasteiger partial charge in [-0.15, -0.1) is 0 Å². The summed E-state index contributed by atoms with van der Waals surface area (Å²) >= 11 is 0. The molecule has 0 N–H and O–H groups in total.